The number of nitrogens with zero attached hydrogens (tertiary/aromatic N) is 1. The molecular weight excluding hydrogens is 603 g/mol. The minimum Gasteiger partial charge on any atom is -0.444 e. The van der Waals surface area contributed by atoms with Gasteiger partial charge in [0.15, 0.2) is 0 Å². The molecule has 0 aromatic heterocycles. The molecule has 1 saturated carbocycles. The predicted octanol–water partition coefficient (Wildman–Crippen LogP) is 3.56. The van der Waals surface area contributed by atoms with E-state index in [2.05, 4.69) is 10.6 Å². The second-order valence-corrected chi connectivity index (χ2v) is 14.3. The summed E-state index contributed by atoms with van der Waals surface area (Å²) in [4.78, 5) is 54.0. The van der Waals surface area contributed by atoms with Crippen LogP contribution in [0.5, 0.6) is 0 Å². The van der Waals surface area contributed by atoms with Gasteiger partial charge in [-0.05, 0) is 77.5 Å². The largest absolute Gasteiger partial charge is 0.444 e. The van der Waals surface area contributed by atoms with Crippen LogP contribution in [0.4, 0.5) is 9.18 Å². The van der Waals surface area contributed by atoms with E-state index in [9.17, 15) is 32.0 Å². The normalized spacial score (nSPS) is 26.7. The molecule has 0 spiro atoms. The smallest absolute Gasteiger partial charge is 0.408 e. The van der Waals surface area contributed by atoms with Crippen molar-refractivity contribution in [2.45, 2.75) is 100 Å². The number of carbonyl (C=O) groups excluding carboxylic acids is 4. The van der Waals surface area contributed by atoms with Crippen LogP contribution in [0.3, 0.4) is 0 Å². The second-order valence-electron chi connectivity index (χ2n) is 12.2. The molecule has 3 N–H and O–H groups in total. The summed E-state index contributed by atoms with van der Waals surface area (Å²) in [7, 11) is -4.67. The first-order valence-corrected chi connectivity index (χ1v) is 16.3. The number of benzene rings is 1. The van der Waals surface area contributed by atoms with Gasteiger partial charge in [0.25, 0.3) is 15.9 Å². The average molecular weight is 641 g/mol. The van der Waals surface area contributed by atoms with Gasteiger partial charge in [-0.15, -0.1) is 0 Å². The third-order valence-corrected chi connectivity index (χ3v) is 9.32. The van der Waals surface area contributed by atoms with Crippen LogP contribution in [0.1, 0.15) is 72.1 Å². The number of halogens is 2. The number of carbonyl (C=O) groups is 4. The average Bonchev–Trinajstić information content (AvgIpc) is 3.36. The zero-order valence-corrected chi connectivity index (χ0v) is 26.0. The van der Waals surface area contributed by atoms with Crippen LogP contribution in [0, 0.1) is 11.7 Å². The minimum atomic E-state index is -4.67. The molecule has 14 heteroatoms. The third kappa shape index (κ3) is 7.86. The van der Waals surface area contributed by atoms with Gasteiger partial charge >= 0.3 is 6.09 Å². The number of sulfonamides is 1. The first kappa shape index (κ1) is 32.7. The zero-order valence-electron chi connectivity index (χ0n) is 24.5. The van der Waals surface area contributed by atoms with E-state index in [1.54, 1.807) is 26.8 Å². The van der Waals surface area contributed by atoms with E-state index in [0.29, 0.717) is 32.1 Å². The van der Waals surface area contributed by atoms with Crippen LogP contribution >= 0.6 is 11.6 Å². The molecule has 2 heterocycles. The van der Waals surface area contributed by atoms with Crippen LogP contribution in [0.2, 0.25) is 5.02 Å². The standard InChI is InChI=1S/C29H38ClFN4O7S/c1-28(2,3)42-27(39)32-21-11-8-6-4-5-7-10-18-17-29(18,33-24(36)22-12-9-15-35(22)25(21)37)26(38)34-43(40,41)23-16-19(30)13-14-20(23)31/h7,10,13-14,16,18,21-22H,4-6,8-9,11-12,15,17H2,1-3H3,(H,32,39)(H,33,36)(H,34,38)/t18-,21+,22+,29-/m1/s1. The SMILES string of the molecule is CC(C)(C)OC(=O)N[C@H]1CCCCCC=C[C@@H]2C[C@@]2(C(=O)NS(=O)(=O)c2cc(Cl)ccc2F)NC(=O)[C@@H]2CCCN2C1=O. The topological polar surface area (TPSA) is 151 Å². The van der Waals surface area contributed by atoms with Crippen LogP contribution < -0.4 is 15.4 Å². The van der Waals surface area contributed by atoms with Crippen molar-refractivity contribution in [3.05, 3.63) is 41.2 Å². The molecule has 2 fully saturated rings. The van der Waals surface area contributed by atoms with Crippen LogP contribution in [0.15, 0.2) is 35.2 Å². The Morgan fingerprint density at radius 2 is 1.88 bits per heavy atom. The highest BCUT2D eigenvalue weighted by Gasteiger charge is 2.61. The van der Waals surface area contributed by atoms with Crippen LogP contribution in [-0.2, 0) is 29.1 Å². The summed E-state index contributed by atoms with van der Waals surface area (Å²) in [5, 5.41) is 5.36. The number of ether oxygens (including phenoxy) is 1. The maximum atomic E-state index is 14.4. The number of hydrogen-bond acceptors (Lipinski definition) is 7. The third-order valence-electron chi connectivity index (χ3n) is 7.74. The maximum absolute atomic E-state index is 14.4. The Kier molecular flexibility index (Phi) is 9.75. The van der Waals surface area contributed by atoms with Crippen LogP contribution in [0.25, 0.3) is 0 Å². The van der Waals surface area contributed by atoms with Gasteiger partial charge in [0.05, 0.1) is 0 Å². The van der Waals surface area contributed by atoms with Gasteiger partial charge in [0, 0.05) is 17.5 Å². The number of amides is 4. The Labute approximate surface area is 256 Å². The molecule has 1 aliphatic carbocycles. The summed E-state index contributed by atoms with van der Waals surface area (Å²) in [6.07, 6.45) is 7.09. The minimum absolute atomic E-state index is 0.0349. The van der Waals surface area contributed by atoms with E-state index in [1.165, 1.54) is 11.0 Å². The maximum Gasteiger partial charge on any atom is 0.408 e. The first-order chi connectivity index (χ1) is 20.1. The van der Waals surface area contributed by atoms with Gasteiger partial charge in [-0.3, -0.25) is 14.4 Å². The highest BCUT2D eigenvalue weighted by atomic mass is 35.5. The van der Waals surface area contributed by atoms with E-state index in [-0.39, 0.29) is 18.0 Å². The number of alkyl carbamates (subject to hydrolysis) is 1. The summed E-state index contributed by atoms with van der Waals surface area (Å²) in [6, 6.07) is 1.11. The summed E-state index contributed by atoms with van der Waals surface area (Å²) in [6.45, 7) is 5.42. The Hall–Kier alpha value is -3.19. The Morgan fingerprint density at radius 3 is 2.60 bits per heavy atom. The van der Waals surface area contributed by atoms with E-state index < -0.39 is 73.7 Å². The lowest BCUT2D eigenvalue weighted by Crippen LogP contribution is -2.58. The van der Waals surface area contributed by atoms with Gasteiger partial charge < -0.3 is 20.3 Å². The van der Waals surface area contributed by atoms with Gasteiger partial charge in [-0.25, -0.2) is 22.3 Å². The second kappa shape index (κ2) is 12.8. The van der Waals surface area contributed by atoms with Gasteiger partial charge in [0.1, 0.15) is 33.9 Å². The molecule has 0 unspecified atom stereocenters. The summed E-state index contributed by atoms with van der Waals surface area (Å²) in [5.41, 5.74) is -2.38. The van der Waals surface area contributed by atoms with Crippen molar-refractivity contribution >= 4 is 45.4 Å². The van der Waals surface area contributed by atoms with Gasteiger partial charge in [-0.2, -0.15) is 0 Å². The molecule has 236 valence electrons. The van der Waals surface area contributed by atoms with Gasteiger partial charge in [-0.1, -0.05) is 36.6 Å². The molecule has 4 amide bonds. The molecule has 1 aromatic rings. The van der Waals surface area contributed by atoms with E-state index >= 15 is 0 Å². The number of allylic oxidation sites excluding steroid dienone is 1. The molecule has 11 nitrogen and oxygen atoms in total. The highest BCUT2D eigenvalue weighted by molar-refractivity contribution is 7.90. The fourth-order valence-corrected chi connectivity index (χ4v) is 6.87. The number of hydrogen-bond donors (Lipinski definition) is 3. The Morgan fingerprint density at radius 1 is 1.14 bits per heavy atom. The highest BCUT2D eigenvalue weighted by Crippen LogP contribution is 2.46. The molecule has 43 heavy (non-hydrogen) atoms. The summed E-state index contributed by atoms with van der Waals surface area (Å²) >= 11 is 5.86. The fourth-order valence-electron chi connectivity index (χ4n) is 5.49. The first-order valence-electron chi connectivity index (χ1n) is 14.4. The fraction of sp³-hybridized carbons (Fsp3) is 0.586. The Balaban J connectivity index is 1.58. The van der Waals surface area contributed by atoms with E-state index in [0.717, 1.165) is 25.0 Å². The predicted molar refractivity (Wildman–Crippen MR) is 156 cm³/mol. The van der Waals surface area contributed by atoms with E-state index in [4.69, 9.17) is 16.3 Å². The van der Waals surface area contributed by atoms with Crippen molar-refractivity contribution in [1.29, 1.82) is 0 Å². The quantitative estimate of drug-likeness (QED) is 0.426. The lowest BCUT2D eigenvalue weighted by molar-refractivity contribution is -0.141. The van der Waals surface area contributed by atoms with E-state index in [1.807, 2.05) is 10.8 Å². The lowest BCUT2D eigenvalue weighted by atomic mass is 10.0. The van der Waals surface area contributed by atoms with Crippen molar-refractivity contribution in [3.63, 3.8) is 0 Å². The molecule has 0 radical (unpaired) electrons. The van der Waals surface area contributed by atoms with Crippen molar-refractivity contribution in [2.75, 3.05) is 6.54 Å². The molecule has 1 saturated heterocycles. The molecule has 0 bridgehead atoms. The number of nitrogens with one attached hydrogen (secondary N) is 3. The molecule has 1 aromatic carbocycles. The molecule has 4 rings (SSSR count). The molecule has 2 aliphatic heterocycles. The van der Waals surface area contributed by atoms with Crippen molar-refractivity contribution in [3.8, 4) is 0 Å². The Bertz CT molecular complexity index is 1410. The summed E-state index contributed by atoms with van der Waals surface area (Å²) in [5.74, 6) is -3.65. The zero-order chi connectivity index (χ0) is 31.6. The molecular formula is C29H38ClFN4O7S. The van der Waals surface area contributed by atoms with Crippen LogP contribution in [-0.4, -0.2) is 66.9 Å². The van der Waals surface area contributed by atoms with Crippen molar-refractivity contribution in [1.82, 2.24) is 20.3 Å². The monoisotopic (exact) mass is 640 g/mol. The number of rotatable bonds is 4. The molecule has 4 atom stereocenters. The molecule has 3 aliphatic rings. The lowest BCUT2D eigenvalue weighted by Gasteiger charge is -2.30. The van der Waals surface area contributed by atoms with Crippen molar-refractivity contribution in [2.24, 2.45) is 5.92 Å². The number of fused-ring (bicyclic) bond motifs is 2. The summed E-state index contributed by atoms with van der Waals surface area (Å²) < 4.78 is 47.6. The van der Waals surface area contributed by atoms with Crippen molar-refractivity contribution < 1.29 is 36.7 Å². The van der Waals surface area contributed by atoms with Gasteiger partial charge in [0.2, 0.25) is 11.8 Å².